The van der Waals surface area contributed by atoms with Gasteiger partial charge in [-0.15, -0.1) is 0 Å². The van der Waals surface area contributed by atoms with Crippen molar-refractivity contribution in [3.8, 4) is 11.5 Å². The summed E-state index contributed by atoms with van der Waals surface area (Å²) in [6.07, 6.45) is -1.09. The predicted molar refractivity (Wildman–Crippen MR) is 79.8 cm³/mol. The summed E-state index contributed by atoms with van der Waals surface area (Å²) < 4.78 is 53.6. The van der Waals surface area contributed by atoms with Crippen molar-refractivity contribution < 1.29 is 31.9 Å². The van der Waals surface area contributed by atoms with Gasteiger partial charge in [-0.3, -0.25) is 4.55 Å². The van der Waals surface area contributed by atoms with Crippen molar-refractivity contribution in [2.45, 2.75) is 12.5 Å². The van der Waals surface area contributed by atoms with E-state index in [1.54, 1.807) is 11.9 Å². The molecule has 1 aromatic carbocycles. The van der Waals surface area contributed by atoms with Crippen molar-refractivity contribution in [2.24, 2.45) is 0 Å². The van der Waals surface area contributed by atoms with Crippen molar-refractivity contribution in [1.82, 2.24) is 0 Å². The lowest BCUT2D eigenvalue weighted by Crippen LogP contribution is -2.30. The number of halogens is 1. The standard InChI is InChI=1S/C13H20FNO6S/c1-15(8-10(16)4-5-22(17,18)19)9-6-11(20-2)13(14)12(7-9)21-3/h6-7,10,16H,4-5,8H2,1-3H3,(H,17,18,19). The van der Waals surface area contributed by atoms with Crippen LogP contribution in [-0.4, -0.2) is 57.7 Å². The van der Waals surface area contributed by atoms with E-state index in [0.717, 1.165) is 0 Å². The van der Waals surface area contributed by atoms with Crippen molar-refractivity contribution in [1.29, 1.82) is 0 Å². The quantitative estimate of drug-likeness (QED) is 0.681. The number of nitrogens with zero attached hydrogens (tertiary/aromatic N) is 1. The molecular formula is C13H20FNO6S. The van der Waals surface area contributed by atoms with Crippen LogP contribution in [0.1, 0.15) is 6.42 Å². The predicted octanol–water partition coefficient (Wildman–Crippen LogP) is 0.918. The van der Waals surface area contributed by atoms with Gasteiger partial charge in [0.1, 0.15) is 0 Å². The monoisotopic (exact) mass is 337 g/mol. The van der Waals surface area contributed by atoms with Crippen molar-refractivity contribution in [2.75, 3.05) is 38.5 Å². The summed E-state index contributed by atoms with van der Waals surface area (Å²) >= 11 is 0. The molecule has 0 heterocycles. The Morgan fingerprint density at radius 3 is 2.18 bits per heavy atom. The molecule has 0 aliphatic carbocycles. The van der Waals surface area contributed by atoms with Gasteiger partial charge in [0.25, 0.3) is 10.1 Å². The highest BCUT2D eigenvalue weighted by molar-refractivity contribution is 7.85. The molecule has 0 aliphatic heterocycles. The second kappa shape index (κ2) is 7.61. The summed E-state index contributed by atoms with van der Waals surface area (Å²) in [6.45, 7) is 0.0907. The van der Waals surface area contributed by atoms with E-state index in [2.05, 4.69) is 0 Å². The number of likely N-dealkylation sites (N-methyl/N-ethyl adjacent to an activating group) is 1. The second-order valence-electron chi connectivity index (χ2n) is 4.77. The van der Waals surface area contributed by atoms with Gasteiger partial charge < -0.3 is 19.5 Å². The van der Waals surface area contributed by atoms with Crippen LogP contribution in [0, 0.1) is 5.82 Å². The van der Waals surface area contributed by atoms with Crippen LogP contribution in [0.2, 0.25) is 0 Å². The van der Waals surface area contributed by atoms with Gasteiger partial charge in [-0.2, -0.15) is 12.8 Å². The molecular weight excluding hydrogens is 317 g/mol. The molecule has 9 heteroatoms. The number of ether oxygens (including phenoxy) is 2. The Balaban J connectivity index is 2.82. The number of methoxy groups -OCH3 is 2. The molecule has 0 radical (unpaired) electrons. The van der Waals surface area contributed by atoms with E-state index in [-0.39, 0.29) is 24.5 Å². The minimum Gasteiger partial charge on any atom is -0.493 e. The SMILES string of the molecule is COc1cc(N(C)CC(O)CCS(=O)(=O)O)cc(OC)c1F. The number of hydrogen-bond donors (Lipinski definition) is 2. The normalized spacial score (nSPS) is 12.8. The average molecular weight is 337 g/mol. The topological polar surface area (TPSA) is 96.3 Å². The molecule has 0 spiro atoms. The van der Waals surface area contributed by atoms with Crippen LogP contribution in [0.25, 0.3) is 0 Å². The summed E-state index contributed by atoms with van der Waals surface area (Å²) in [7, 11) is 0.171. The lowest BCUT2D eigenvalue weighted by Gasteiger charge is -2.23. The van der Waals surface area contributed by atoms with Gasteiger partial charge in [0.05, 0.1) is 26.1 Å². The zero-order valence-electron chi connectivity index (χ0n) is 12.6. The molecule has 0 aliphatic rings. The van der Waals surface area contributed by atoms with Gasteiger partial charge in [0, 0.05) is 31.4 Å². The largest absolute Gasteiger partial charge is 0.493 e. The molecule has 0 fully saturated rings. The second-order valence-corrected chi connectivity index (χ2v) is 6.35. The maximum Gasteiger partial charge on any atom is 0.264 e. The van der Waals surface area contributed by atoms with Crippen LogP contribution >= 0.6 is 0 Å². The minimum absolute atomic E-state index is 0.00590. The third-order valence-electron chi connectivity index (χ3n) is 3.06. The Bertz CT molecular complexity index is 582. The molecule has 0 bridgehead atoms. The summed E-state index contributed by atoms with van der Waals surface area (Å²) in [5, 5.41) is 9.80. The number of hydrogen-bond acceptors (Lipinski definition) is 6. The fourth-order valence-corrected chi connectivity index (χ4v) is 2.44. The first-order valence-electron chi connectivity index (χ1n) is 6.43. The van der Waals surface area contributed by atoms with Gasteiger partial charge in [-0.1, -0.05) is 0 Å². The lowest BCUT2D eigenvalue weighted by molar-refractivity contribution is 0.177. The number of benzene rings is 1. The molecule has 126 valence electrons. The zero-order chi connectivity index (χ0) is 16.9. The first-order chi connectivity index (χ1) is 10.2. The lowest BCUT2D eigenvalue weighted by atomic mass is 10.2. The Hall–Kier alpha value is -1.58. The highest BCUT2D eigenvalue weighted by Crippen LogP contribution is 2.32. The van der Waals surface area contributed by atoms with Crippen LogP contribution in [0.5, 0.6) is 11.5 Å². The molecule has 0 saturated carbocycles. The maximum absolute atomic E-state index is 13.8. The molecule has 1 atom stereocenters. The van der Waals surface area contributed by atoms with E-state index in [9.17, 15) is 17.9 Å². The van der Waals surface area contributed by atoms with E-state index in [4.69, 9.17) is 14.0 Å². The maximum atomic E-state index is 13.8. The third-order valence-corrected chi connectivity index (χ3v) is 3.82. The van der Waals surface area contributed by atoms with Crippen molar-refractivity contribution in [3.63, 3.8) is 0 Å². The van der Waals surface area contributed by atoms with E-state index >= 15 is 0 Å². The van der Waals surface area contributed by atoms with Crippen LogP contribution < -0.4 is 14.4 Å². The molecule has 1 unspecified atom stereocenters. The fourth-order valence-electron chi connectivity index (χ4n) is 1.87. The molecule has 2 N–H and O–H groups in total. The van der Waals surface area contributed by atoms with Crippen molar-refractivity contribution >= 4 is 15.8 Å². The fraction of sp³-hybridized carbons (Fsp3) is 0.538. The van der Waals surface area contributed by atoms with Crippen LogP contribution in [-0.2, 0) is 10.1 Å². The summed E-state index contributed by atoms with van der Waals surface area (Å²) in [6, 6.07) is 2.88. The molecule has 0 aromatic heterocycles. The summed E-state index contributed by atoms with van der Waals surface area (Å²) in [4.78, 5) is 1.60. The first kappa shape index (κ1) is 18.5. The zero-order valence-corrected chi connectivity index (χ0v) is 13.4. The molecule has 0 amide bonds. The first-order valence-corrected chi connectivity index (χ1v) is 8.04. The number of anilines is 1. The Morgan fingerprint density at radius 2 is 1.77 bits per heavy atom. The van der Waals surface area contributed by atoms with Gasteiger partial charge in [-0.05, 0) is 6.42 Å². The van der Waals surface area contributed by atoms with E-state index < -0.39 is 27.8 Å². The summed E-state index contributed by atoms with van der Waals surface area (Å²) in [5.74, 6) is -1.17. The number of aliphatic hydroxyl groups is 1. The van der Waals surface area contributed by atoms with Crippen LogP contribution in [0.4, 0.5) is 10.1 Å². The number of rotatable bonds is 8. The van der Waals surface area contributed by atoms with Crippen LogP contribution in [0.15, 0.2) is 12.1 Å². The third kappa shape index (κ3) is 5.32. The van der Waals surface area contributed by atoms with E-state index in [0.29, 0.717) is 5.69 Å². The van der Waals surface area contributed by atoms with Gasteiger partial charge >= 0.3 is 0 Å². The van der Waals surface area contributed by atoms with Crippen molar-refractivity contribution in [3.05, 3.63) is 17.9 Å². The smallest absolute Gasteiger partial charge is 0.264 e. The highest BCUT2D eigenvalue weighted by Gasteiger charge is 2.17. The molecule has 1 aromatic rings. The van der Waals surface area contributed by atoms with Gasteiger partial charge in [0.15, 0.2) is 11.5 Å². The van der Waals surface area contributed by atoms with Gasteiger partial charge in [-0.25, -0.2) is 0 Å². The van der Waals surface area contributed by atoms with Crippen LogP contribution in [0.3, 0.4) is 0 Å². The highest BCUT2D eigenvalue weighted by atomic mass is 32.2. The number of aliphatic hydroxyl groups excluding tert-OH is 1. The Kier molecular flexibility index (Phi) is 6.39. The summed E-state index contributed by atoms with van der Waals surface area (Å²) in [5.41, 5.74) is 0.529. The minimum atomic E-state index is -4.11. The van der Waals surface area contributed by atoms with Gasteiger partial charge in [0.2, 0.25) is 5.82 Å². The Morgan fingerprint density at radius 1 is 1.27 bits per heavy atom. The average Bonchev–Trinajstić information content (AvgIpc) is 2.44. The molecule has 1 rings (SSSR count). The molecule has 0 saturated heterocycles. The van der Waals surface area contributed by atoms with E-state index in [1.165, 1.54) is 26.4 Å². The van der Waals surface area contributed by atoms with E-state index in [1.807, 2.05) is 0 Å². The molecule has 7 nitrogen and oxygen atoms in total. The Labute approximate surface area is 129 Å². The molecule has 22 heavy (non-hydrogen) atoms.